The summed E-state index contributed by atoms with van der Waals surface area (Å²) >= 11 is 1.24. The van der Waals surface area contributed by atoms with Crippen LogP contribution in [0.25, 0.3) is 11.6 Å². The summed E-state index contributed by atoms with van der Waals surface area (Å²) in [6.45, 7) is 3.07. The zero-order valence-electron chi connectivity index (χ0n) is 14.8. The van der Waals surface area contributed by atoms with Crippen LogP contribution in [0.4, 0.5) is 0 Å². The molecule has 0 aromatic carbocycles. The Hall–Kier alpha value is -2.33. The highest BCUT2D eigenvalue weighted by molar-refractivity contribution is 7.99. The summed E-state index contributed by atoms with van der Waals surface area (Å²) in [4.78, 5) is 23.2. The van der Waals surface area contributed by atoms with Gasteiger partial charge in [0.2, 0.25) is 5.91 Å². The minimum Gasteiger partial charge on any atom is -0.465 e. The Morgan fingerprint density at radius 3 is 2.92 bits per heavy atom. The molecule has 0 fully saturated rings. The highest BCUT2D eigenvalue weighted by atomic mass is 32.2. The molecule has 1 N–H and O–H groups in total. The summed E-state index contributed by atoms with van der Waals surface area (Å²) in [5, 5.41) is 11.4. The summed E-state index contributed by atoms with van der Waals surface area (Å²) in [6, 6.07) is 3.58. The molecular weight excluding hydrogens is 360 g/mol. The van der Waals surface area contributed by atoms with Gasteiger partial charge in [0.05, 0.1) is 18.6 Å². The van der Waals surface area contributed by atoms with E-state index in [0.29, 0.717) is 29.9 Å². The lowest BCUT2D eigenvalue weighted by molar-refractivity contribution is -0.143. The fraction of sp³-hybridized carbons (Fsp3) is 0.500. The van der Waals surface area contributed by atoms with Crippen LogP contribution in [0.3, 0.4) is 0 Å². The first-order valence-corrected chi connectivity index (χ1v) is 9.15. The van der Waals surface area contributed by atoms with Crippen LogP contribution in [0.5, 0.6) is 0 Å². The molecule has 26 heavy (non-hydrogen) atoms. The minimum atomic E-state index is -0.464. The normalized spacial score (nSPS) is 10.7. The molecule has 0 spiro atoms. The molecular formula is C16H22N4O5S. The zero-order valence-corrected chi connectivity index (χ0v) is 15.6. The average Bonchev–Trinajstić information content (AvgIpc) is 3.28. The lowest BCUT2D eigenvalue weighted by Gasteiger charge is -2.09. The van der Waals surface area contributed by atoms with E-state index in [1.165, 1.54) is 11.8 Å². The maximum Gasteiger partial charge on any atom is 0.325 e. The number of furan rings is 1. The molecule has 2 rings (SSSR count). The molecule has 0 radical (unpaired) electrons. The average molecular weight is 382 g/mol. The molecule has 0 atom stereocenters. The standard InChI is InChI=1S/C16H22N4O5S/c1-3-24-14(22)10-17-13(21)11-26-16-19-18-15(12-6-4-9-25-12)20(16)7-5-8-23-2/h4,6,9H,3,5,7-8,10-11H2,1-2H3,(H,17,21). The van der Waals surface area contributed by atoms with Gasteiger partial charge in [0.15, 0.2) is 16.7 Å². The van der Waals surface area contributed by atoms with E-state index in [9.17, 15) is 9.59 Å². The lowest BCUT2D eigenvalue weighted by atomic mass is 10.4. The van der Waals surface area contributed by atoms with Crippen molar-refractivity contribution in [3.05, 3.63) is 18.4 Å². The van der Waals surface area contributed by atoms with Crippen molar-refractivity contribution in [2.75, 3.05) is 32.6 Å². The van der Waals surface area contributed by atoms with E-state index >= 15 is 0 Å². The first-order chi connectivity index (χ1) is 12.7. The molecule has 0 saturated heterocycles. The van der Waals surface area contributed by atoms with Crippen LogP contribution in [0.2, 0.25) is 0 Å². The van der Waals surface area contributed by atoms with Crippen molar-refractivity contribution in [1.29, 1.82) is 0 Å². The highest BCUT2D eigenvalue weighted by Crippen LogP contribution is 2.24. The number of nitrogens with one attached hydrogen (secondary N) is 1. The quantitative estimate of drug-likeness (QED) is 0.352. The molecule has 0 unspecified atom stereocenters. The van der Waals surface area contributed by atoms with Crippen molar-refractivity contribution in [1.82, 2.24) is 20.1 Å². The maximum atomic E-state index is 11.9. The van der Waals surface area contributed by atoms with Gasteiger partial charge in [0, 0.05) is 20.3 Å². The number of esters is 1. The second-order valence-electron chi connectivity index (χ2n) is 5.15. The molecule has 0 saturated carbocycles. The molecule has 0 bridgehead atoms. The number of rotatable bonds is 11. The van der Waals surface area contributed by atoms with Crippen LogP contribution < -0.4 is 5.32 Å². The van der Waals surface area contributed by atoms with Crippen LogP contribution in [0.1, 0.15) is 13.3 Å². The lowest BCUT2D eigenvalue weighted by Crippen LogP contribution is -2.31. The van der Waals surface area contributed by atoms with Crippen molar-refractivity contribution >= 4 is 23.6 Å². The first-order valence-electron chi connectivity index (χ1n) is 8.16. The van der Waals surface area contributed by atoms with Crippen molar-refractivity contribution in [3.63, 3.8) is 0 Å². The largest absolute Gasteiger partial charge is 0.465 e. The van der Waals surface area contributed by atoms with Gasteiger partial charge in [-0.05, 0) is 25.5 Å². The van der Waals surface area contributed by atoms with E-state index in [2.05, 4.69) is 15.5 Å². The predicted molar refractivity (Wildman–Crippen MR) is 94.6 cm³/mol. The Balaban J connectivity index is 1.97. The SMILES string of the molecule is CCOC(=O)CNC(=O)CSc1nnc(-c2ccco2)n1CCCOC. The topological polar surface area (TPSA) is 108 Å². The van der Waals surface area contributed by atoms with Crippen molar-refractivity contribution < 1.29 is 23.5 Å². The number of hydrogen-bond acceptors (Lipinski definition) is 8. The summed E-state index contributed by atoms with van der Waals surface area (Å²) in [5.74, 6) is 0.566. The second-order valence-corrected chi connectivity index (χ2v) is 6.09. The Labute approximate surface area is 155 Å². The van der Waals surface area contributed by atoms with Crippen LogP contribution >= 0.6 is 11.8 Å². The third kappa shape index (κ3) is 5.88. The number of ether oxygens (including phenoxy) is 2. The fourth-order valence-corrected chi connectivity index (χ4v) is 2.91. The van der Waals surface area contributed by atoms with Crippen LogP contribution in [-0.4, -0.2) is 59.3 Å². The Morgan fingerprint density at radius 1 is 1.38 bits per heavy atom. The summed E-state index contributed by atoms with van der Waals surface area (Å²) in [5.41, 5.74) is 0. The Kier molecular flexibility index (Phi) is 8.16. The van der Waals surface area contributed by atoms with Gasteiger partial charge < -0.3 is 19.2 Å². The number of aromatic nitrogens is 3. The number of carbonyl (C=O) groups excluding carboxylic acids is 2. The molecule has 9 nitrogen and oxygen atoms in total. The molecule has 2 aromatic heterocycles. The van der Waals surface area contributed by atoms with Gasteiger partial charge in [-0.1, -0.05) is 11.8 Å². The van der Waals surface area contributed by atoms with Gasteiger partial charge in [-0.15, -0.1) is 10.2 Å². The molecule has 2 heterocycles. The number of amides is 1. The van der Waals surface area contributed by atoms with E-state index in [1.54, 1.807) is 32.4 Å². The maximum absolute atomic E-state index is 11.9. The Bertz CT molecular complexity index is 702. The predicted octanol–water partition coefficient (Wildman–Crippen LogP) is 1.35. The van der Waals surface area contributed by atoms with Gasteiger partial charge in [0.1, 0.15) is 6.54 Å². The number of nitrogens with zero attached hydrogens (tertiary/aromatic N) is 3. The van der Waals surface area contributed by atoms with Crippen LogP contribution in [0.15, 0.2) is 28.0 Å². The Morgan fingerprint density at radius 2 is 2.23 bits per heavy atom. The van der Waals surface area contributed by atoms with Crippen molar-refractivity contribution in [3.8, 4) is 11.6 Å². The summed E-state index contributed by atoms with van der Waals surface area (Å²) < 4.78 is 17.1. The first kappa shape index (κ1) is 20.0. The molecule has 0 aliphatic rings. The van der Waals surface area contributed by atoms with E-state index in [1.807, 2.05) is 4.57 Å². The van der Waals surface area contributed by atoms with Gasteiger partial charge >= 0.3 is 5.97 Å². The van der Waals surface area contributed by atoms with Gasteiger partial charge in [-0.25, -0.2) is 0 Å². The highest BCUT2D eigenvalue weighted by Gasteiger charge is 2.17. The van der Waals surface area contributed by atoms with Gasteiger partial charge in [-0.3, -0.25) is 14.2 Å². The van der Waals surface area contributed by atoms with Crippen LogP contribution in [-0.2, 0) is 25.6 Å². The molecule has 0 aliphatic heterocycles. The smallest absolute Gasteiger partial charge is 0.325 e. The van der Waals surface area contributed by atoms with Crippen LogP contribution in [0, 0.1) is 0 Å². The molecule has 2 aromatic rings. The molecule has 0 aliphatic carbocycles. The summed E-state index contributed by atoms with van der Waals surface area (Å²) in [7, 11) is 1.64. The van der Waals surface area contributed by atoms with Crippen molar-refractivity contribution in [2.24, 2.45) is 0 Å². The monoisotopic (exact) mass is 382 g/mol. The fourth-order valence-electron chi connectivity index (χ4n) is 2.12. The zero-order chi connectivity index (χ0) is 18.8. The van der Waals surface area contributed by atoms with E-state index < -0.39 is 5.97 Å². The number of thioether (sulfide) groups is 1. The molecule has 1 amide bonds. The second kappa shape index (κ2) is 10.6. The molecule has 10 heteroatoms. The summed E-state index contributed by atoms with van der Waals surface area (Å²) in [6.07, 6.45) is 2.34. The van der Waals surface area contributed by atoms with Crippen molar-refractivity contribution in [2.45, 2.75) is 25.0 Å². The third-order valence-corrected chi connectivity index (χ3v) is 4.22. The van der Waals surface area contributed by atoms with Gasteiger partial charge in [-0.2, -0.15) is 0 Å². The molecule has 142 valence electrons. The number of hydrogen-bond donors (Lipinski definition) is 1. The van der Waals surface area contributed by atoms with E-state index in [4.69, 9.17) is 13.9 Å². The number of carbonyl (C=O) groups is 2. The minimum absolute atomic E-state index is 0.111. The third-order valence-electron chi connectivity index (χ3n) is 3.26. The number of methoxy groups -OCH3 is 1. The van der Waals surface area contributed by atoms with E-state index in [-0.39, 0.29) is 24.8 Å². The van der Waals surface area contributed by atoms with Gasteiger partial charge in [0.25, 0.3) is 0 Å². The van der Waals surface area contributed by atoms with E-state index in [0.717, 1.165) is 6.42 Å².